The lowest BCUT2D eigenvalue weighted by Crippen LogP contribution is -2.31. The van der Waals surface area contributed by atoms with Gasteiger partial charge in [0.15, 0.2) is 0 Å². The van der Waals surface area contributed by atoms with E-state index in [9.17, 15) is 0 Å². The third-order valence-corrected chi connectivity index (χ3v) is 7.69. The molecule has 1 fully saturated rings. The first-order valence-corrected chi connectivity index (χ1v) is 14.7. The zero-order valence-electron chi connectivity index (χ0n) is 23.3. The molecule has 1 aromatic heterocycles. The minimum atomic E-state index is 0.786. The topological polar surface area (TPSA) is 20.6 Å². The second-order valence-corrected chi connectivity index (χ2v) is 10.8. The normalized spacial score (nSPS) is 14.1. The van der Waals surface area contributed by atoms with Gasteiger partial charge in [-0.15, -0.1) is 0 Å². The highest BCUT2D eigenvalue weighted by Crippen LogP contribution is 2.24. The summed E-state index contributed by atoms with van der Waals surface area (Å²) in [6.07, 6.45) is 8.49. The van der Waals surface area contributed by atoms with E-state index < -0.39 is 0 Å². The largest absolute Gasteiger partial charge is 0.494 e. The summed E-state index contributed by atoms with van der Waals surface area (Å²) in [5, 5.41) is 0. The minimum absolute atomic E-state index is 0.786. The Kier molecular flexibility index (Phi) is 10.3. The maximum atomic E-state index is 6.05. The van der Waals surface area contributed by atoms with Crippen molar-refractivity contribution >= 4 is 0 Å². The van der Waals surface area contributed by atoms with Crippen molar-refractivity contribution in [2.45, 2.75) is 51.7 Å². The van der Waals surface area contributed by atoms with Crippen LogP contribution in [-0.4, -0.2) is 47.2 Å². The summed E-state index contributed by atoms with van der Waals surface area (Å²) in [6, 6.07) is 34.6. The third kappa shape index (κ3) is 8.58. The SMILES string of the molecule is c1ccc(CN(CCCn2cccc2-c2ccc(OCCCN3CCCCC3)cc2)Cc2ccccc2)cc1. The predicted molar refractivity (Wildman–Crippen MR) is 162 cm³/mol. The maximum absolute atomic E-state index is 6.05. The van der Waals surface area contributed by atoms with Gasteiger partial charge in [-0.1, -0.05) is 67.1 Å². The van der Waals surface area contributed by atoms with E-state index in [2.05, 4.69) is 118 Å². The first-order valence-electron chi connectivity index (χ1n) is 14.7. The van der Waals surface area contributed by atoms with Gasteiger partial charge in [0.25, 0.3) is 0 Å². The van der Waals surface area contributed by atoms with Crippen LogP contribution in [0.1, 0.15) is 43.2 Å². The van der Waals surface area contributed by atoms with E-state index in [0.717, 1.165) is 57.9 Å². The molecule has 0 amide bonds. The van der Waals surface area contributed by atoms with Crippen molar-refractivity contribution in [1.29, 1.82) is 0 Å². The summed E-state index contributed by atoms with van der Waals surface area (Å²) in [6.45, 7) is 8.43. The minimum Gasteiger partial charge on any atom is -0.494 e. The van der Waals surface area contributed by atoms with Gasteiger partial charge < -0.3 is 14.2 Å². The van der Waals surface area contributed by atoms with Crippen LogP contribution in [0.2, 0.25) is 0 Å². The van der Waals surface area contributed by atoms with Crippen LogP contribution in [0.5, 0.6) is 5.75 Å². The molecule has 5 rings (SSSR count). The summed E-state index contributed by atoms with van der Waals surface area (Å²) in [5.41, 5.74) is 5.24. The Morgan fingerprint density at radius 1 is 0.641 bits per heavy atom. The van der Waals surface area contributed by atoms with Gasteiger partial charge in [0.1, 0.15) is 5.75 Å². The maximum Gasteiger partial charge on any atom is 0.119 e. The van der Waals surface area contributed by atoms with E-state index in [4.69, 9.17) is 4.74 Å². The van der Waals surface area contributed by atoms with Crippen LogP contribution in [0, 0.1) is 0 Å². The average molecular weight is 522 g/mol. The van der Waals surface area contributed by atoms with Crippen LogP contribution in [-0.2, 0) is 19.6 Å². The fraction of sp³-hybridized carbons (Fsp3) is 0.371. The van der Waals surface area contributed by atoms with Gasteiger partial charge in [-0.2, -0.15) is 0 Å². The first kappa shape index (κ1) is 27.2. The van der Waals surface area contributed by atoms with Gasteiger partial charge in [-0.05, 0) is 91.9 Å². The lowest BCUT2D eigenvalue weighted by molar-refractivity contribution is 0.205. The molecule has 0 spiro atoms. The Balaban J connectivity index is 1.12. The molecule has 1 saturated heterocycles. The molecule has 1 aliphatic heterocycles. The molecule has 0 radical (unpaired) electrons. The molecular formula is C35H43N3O. The molecule has 0 saturated carbocycles. The molecule has 204 valence electrons. The summed E-state index contributed by atoms with van der Waals surface area (Å²) in [4.78, 5) is 5.14. The zero-order chi connectivity index (χ0) is 26.5. The van der Waals surface area contributed by atoms with Crippen molar-refractivity contribution in [2.75, 3.05) is 32.8 Å². The van der Waals surface area contributed by atoms with E-state index in [1.165, 1.54) is 54.7 Å². The summed E-state index contributed by atoms with van der Waals surface area (Å²) >= 11 is 0. The number of ether oxygens (including phenoxy) is 1. The van der Waals surface area contributed by atoms with Crippen LogP contribution >= 0.6 is 0 Å². The number of nitrogens with zero attached hydrogens (tertiary/aromatic N) is 3. The summed E-state index contributed by atoms with van der Waals surface area (Å²) < 4.78 is 8.44. The van der Waals surface area contributed by atoms with Crippen molar-refractivity contribution < 1.29 is 4.74 Å². The Morgan fingerprint density at radius 3 is 1.97 bits per heavy atom. The molecule has 4 aromatic rings. The fourth-order valence-corrected chi connectivity index (χ4v) is 5.62. The highest BCUT2D eigenvalue weighted by atomic mass is 16.5. The number of rotatable bonds is 14. The molecule has 2 heterocycles. The van der Waals surface area contributed by atoms with Gasteiger partial charge in [0.05, 0.1) is 6.61 Å². The number of benzene rings is 3. The predicted octanol–water partition coefficient (Wildman–Crippen LogP) is 7.50. The molecule has 0 unspecified atom stereocenters. The molecule has 4 heteroatoms. The fourth-order valence-electron chi connectivity index (χ4n) is 5.62. The standard InChI is InChI=1S/C35H43N3O/c1-4-13-31(14-5-1)29-37(30-32-15-6-2-7-16-32)24-11-27-38-26-10-17-35(38)33-18-20-34(21-19-33)39-28-12-25-36-22-8-3-9-23-36/h1-2,4-7,10,13-21,26H,3,8-9,11-12,22-25,27-30H2. The van der Waals surface area contributed by atoms with Gasteiger partial charge in [-0.25, -0.2) is 0 Å². The van der Waals surface area contributed by atoms with Crippen molar-refractivity contribution in [2.24, 2.45) is 0 Å². The van der Waals surface area contributed by atoms with E-state index in [1.807, 2.05) is 0 Å². The van der Waals surface area contributed by atoms with Gasteiger partial charge in [0.2, 0.25) is 0 Å². The molecular weight excluding hydrogens is 478 g/mol. The molecule has 0 bridgehead atoms. The highest BCUT2D eigenvalue weighted by molar-refractivity contribution is 5.61. The van der Waals surface area contributed by atoms with Crippen molar-refractivity contribution in [1.82, 2.24) is 14.4 Å². The molecule has 4 nitrogen and oxygen atoms in total. The number of hydrogen-bond acceptors (Lipinski definition) is 3. The van der Waals surface area contributed by atoms with Crippen molar-refractivity contribution in [3.63, 3.8) is 0 Å². The van der Waals surface area contributed by atoms with E-state index in [1.54, 1.807) is 0 Å². The van der Waals surface area contributed by atoms with Crippen LogP contribution in [0.15, 0.2) is 103 Å². The lowest BCUT2D eigenvalue weighted by Gasteiger charge is -2.26. The summed E-state index contributed by atoms with van der Waals surface area (Å²) in [5.74, 6) is 0.966. The molecule has 1 aliphatic rings. The molecule has 0 atom stereocenters. The zero-order valence-corrected chi connectivity index (χ0v) is 23.3. The highest BCUT2D eigenvalue weighted by Gasteiger charge is 2.11. The first-order chi connectivity index (χ1) is 19.3. The van der Waals surface area contributed by atoms with Crippen molar-refractivity contribution in [3.8, 4) is 17.0 Å². The number of aryl methyl sites for hydroxylation is 1. The number of aromatic nitrogens is 1. The Morgan fingerprint density at radius 2 is 1.31 bits per heavy atom. The second-order valence-electron chi connectivity index (χ2n) is 10.8. The van der Waals surface area contributed by atoms with E-state index in [-0.39, 0.29) is 0 Å². The average Bonchev–Trinajstić information content (AvgIpc) is 3.46. The monoisotopic (exact) mass is 521 g/mol. The molecule has 3 aromatic carbocycles. The lowest BCUT2D eigenvalue weighted by atomic mass is 10.1. The van der Waals surface area contributed by atoms with E-state index >= 15 is 0 Å². The number of likely N-dealkylation sites (tertiary alicyclic amines) is 1. The van der Waals surface area contributed by atoms with Crippen molar-refractivity contribution in [3.05, 3.63) is 114 Å². The Hall–Kier alpha value is -3.34. The van der Waals surface area contributed by atoms with Gasteiger partial charge in [0, 0.05) is 44.6 Å². The Labute approximate surface area is 234 Å². The van der Waals surface area contributed by atoms with Crippen LogP contribution in [0.25, 0.3) is 11.3 Å². The smallest absolute Gasteiger partial charge is 0.119 e. The third-order valence-electron chi connectivity index (χ3n) is 7.69. The Bertz CT molecular complexity index is 1170. The van der Waals surface area contributed by atoms with Crippen LogP contribution < -0.4 is 4.74 Å². The molecule has 39 heavy (non-hydrogen) atoms. The quantitative estimate of drug-likeness (QED) is 0.160. The number of piperidine rings is 1. The molecule has 0 aliphatic carbocycles. The van der Waals surface area contributed by atoms with Crippen LogP contribution in [0.4, 0.5) is 0 Å². The number of hydrogen-bond donors (Lipinski definition) is 0. The van der Waals surface area contributed by atoms with Gasteiger partial charge in [-0.3, -0.25) is 4.90 Å². The summed E-state index contributed by atoms with van der Waals surface area (Å²) in [7, 11) is 0. The van der Waals surface area contributed by atoms with Crippen LogP contribution in [0.3, 0.4) is 0 Å². The second kappa shape index (κ2) is 14.7. The van der Waals surface area contributed by atoms with E-state index in [0.29, 0.717) is 0 Å². The molecule has 0 N–H and O–H groups in total. The van der Waals surface area contributed by atoms with Gasteiger partial charge >= 0.3 is 0 Å².